The van der Waals surface area contributed by atoms with E-state index in [2.05, 4.69) is 10.2 Å². The molecule has 11 heteroatoms. The highest BCUT2D eigenvalue weighted by atomic mass is 19.4. The Kier molecular flexibility index (Phi) is 5.59. The fourth-order valence-electron chi connectivity index (χ4n) is 4.05. The zero-order chi connectivity index (χ0) is 22.2. The second-order valence-electron chi connectivity index (χ2n) is 7.67. The highest BCUT2D eigenvalue weighted by Gasteiger charge is 2.41. The number of nitrogens with zero attached hydrogens (tertiary/aromatic N) is 4. The van der Waals surface area contributed by atoms with Crippen molar-refractivity contribution in [3.05, 3.63) is 36.0 Å². The van der Waals surface area contributed by atoms with Crippen molar-refractivity contribution in [2.75, 3.05) is 31.6 Å². The number of hydrogen-bond donors (Lipinski definition) is 0. The maximum Gasteiger partial charge on any atom is 0.470 e. The van der Waals surface area contributed by atoms with Crippen molar-refractivity contribution in [3.63, 3.8) is 0 Å². The molecule has 2 aromatic rings. The molecule has 2 aliphatic rings. The number of ether oxygens (including phenoxy) is 1. The molecule has 0 saturated carbocycles. The summed E-state index contributed by atoms with van der Waals surface area (Å²) in [5.74, 6) is -2.24. The minimum atomic E-state index is -4.71. The number of aromatic nitrogens is 2. The van der Waals surface area contributed by atoms with Gasteiger partial charge < -0.3 is 19.0 Å². The molecule has 2 saturated heterocycles. The molecule has 31 heavy (non-hydrogen) atoms. The van der Waals surface area contributed by atoms with Crippen LogP contribution in [0.1, 0.15) is 37.0 Å². The van der Waals surface area contributed by atoms with E-state index in [9.17, 15) is 22.8 Å². The number of methoxy groups -OCH3 is 1. The van der Waals surface area contributed by atoms with Crippen LogP contribution in [0, 0.1) is 5.92 Å². The Morgan fingerprint density at radius 3 is 2.77 bits per heavy atom. The molecule has 2 aliphatic heterocycles. The van der Waals surface area contributed by atoms with Crippen molar-refractivity contribution >= 4 is 17.5 Å². The lowest BCUT2D eigenvalue weighted by atomic mass is 9.96. The lowest BCUT2D eigenvalue weighted by molar-refractivity contribution is -0.157. The summed E-state index contributed by atoms with van der Waals surface area (Å²) in [5.41, 5.74) is 0.654. The van der Waals surface area contributed by atoms with Crippen LogP contribution in [0.4, 0.5) is 18.9 Å². The molecule has 1 aromatic carbocycles. The third-order valence-corrected chi connectivity index (χ3v) is 5.60. The molecule has 0 N–H and O–H groups in total. The number of carbonyl (C=O) groups is 2. The lowest BCUT2D eigenvalue weighted by Crippen LogP contribution is -2.43. The Balaban J connectivity index is 1.43. The molecule has 4 rings (SSSR count). The molecule has 0 bridgehead atoms. The number of alkyl halides is 3. The fourth-order valence-corrected chi connectivity index (χ4v) is 4.05. The first-order valence-electron chi connectivity index (χ1n) is 9.90. The molecule has 0 unspecified atom stereocenters. The van der Waals surface area contributed by atoms with Crippen LogP contribution in [0.25, 0.3) is 0 Å². The zero-order valence-electron chi connectivity index (χ0n) is 16.8. The first-order valence-corrected chi connectivity index (χ1v) is 9.90. The van der Waals surface area contributed by atoms with Crippen molar-refractivity contribution in [1.82, 2.24) is 15.1 Å². The average Bonchev–Trinajstić information content (AvgIpc) is 3.41. The van der Waals surface area contributed by atoms with Crippen LogP contribution in [-0.2, 0) is 15.8 Å². The molecular formula is C20H21F3N4O4. The van der Waals surface area contributed by atoms with E-state index in [0.29, 0.717) is 30.8 Å². The Morgan fingerprint density at radius 1 is 1.26 bits per heavy atom. The van der Waals surface area contributed by atoms with Crippen LogP contribution in [0.3, 0.4) is 0 Å². The van der Waals surface area contributed by atoms with Gasteiger partial charge in [0.1, 0.15) is 5.75 Å². The monoisotopic (exact) mass is 438 g/mol. The van der Waals surface area contributed by atoms with Gasteiger partial charge in [-0.15, -0.1) is 10.2 Å². The van der Waals surface area contributed by atoms with Gasteiger partial charge in [-0.3, -0.25) is 9.59 Å². The molecule has 2 atom stereocenters. The molecular weight excluding hydrogens is 417 g/mol. The Hall–Kier alpha value is -3.11. The molecule has 8 nitrogen and oxygen atoms in total. The number of benzene rings is 1. The van der Waals surface area contributed by atoms with Crippen LogP contribution in [0.2, 0.25) is 0 Å². The predicted octanol–water partition coefficient (Wildman–Crippen LogP) is 2.86. The van der Waals surface area contributed by atoms with Gasteiger partial charge >= 0.3 is 12.1 Å². The second kappa shape index (κ2) is 8.20. The van der Waals surface area contributed by atoms with E-state index in [1.165, 1.54) is 7.11 Å². The first-order chi connectivity index (χ1) is 14.8. The van der Waals surface area contributed by atoms with E-state index < -0.39 is 23.9 Å². The summed E-state index contributed by atoms with van der Waals surface area (Å²) in [6, 6.07) is 7.04. The van der Waals surface area contributed by atoms with Crippen molar-refractivity contribution in [2.45, 2.75) is 31.4 Å². The summed E-state index contributed by atoms with van der Waals surface area (Å²) in [6.45, 7) is 0.895. The Labute approximate surface area is 176 Å². The van der Waals surface area contributed by atoms with Gasteiger partial charge in [-0.1, -0.05) is 6.07 Å². The smallest absolute Gasteiger partial charge is 0.470 e. The van der Waals surface area contributed by atoms with Crippen LogP contribution in [0.15, 0.2) is 28.7 Å². The summed E-state index contributed by atoms with van der Waals surface area (Å²) < 4.78 is 48.2. The highest BCUT2D eigenvalue weighted by Crippen LogP contribution is 2.34. The fraction of sp³-hybridized carbons (Fsp3) is 0.500. The molecule has 0 aliphatic carbocycles. The molecule has 166 valence electrons. The summed E-state index contributed by atoms with van der Waals surface area (Å²) in [6.07, 6.45) is -3.48. The summed E-state index contributed by atoms with van der Waals surface area (Å²) in [4.78, 5) is 28.7. The number of hydrogen-bond acceptors (Lipinski definition) is 6. The van der Waals surface area contributed by atoms with Crippen LogP contribution < -0.4 is 9.64 Å². The summed E-state index contributed by atoms with van der Waals surface area (Å²) in [5, 5.41) is 6.60. The maximum absolute atomic E-state index is 13.1. The van der Waals surface area contributed by atoms with E-state index in [1.807, 2.05) is 0 Å². The topological polar surface area (TPSA) is 88.8 Å². The Morgan fingerprint density at radius 2 is 2.06 bits per heavy atom. The predicted molar refractivity (Wildman–Crippen MR) is 101 cm³/mol. The zero-order valence-corrected chi connectivity index (χ0v) is 16.8. The average molecular weight is 438 g/mol. The number of likely N-dealkylation sites (tertiary alicyclic amines) is 1. The molecule has 3 heterocycles. The van der Waals surface area contributed by atoms with E-state index in [0.717, 1.165) is 0 Å². The molecule has 2 amide bonds. The van der Waals surface area contributed by atoms with Gasteiger partial charge in [-0.2, -0.15) is 13.2 Å². The highest BCUT2D eigenvalue weighted by molar-refractivity contribution is 6.00. The van der Waals surface area contributed by atoms with Gasteiger partial charge in [0, 0.05) is 37.8 Å². The maximum atomic E-state index is 13.1. The quantitative estimate of drug-likeness (QED) is 0.730. The van der Waals surface area contributed by atoms with Crippen LogP contribution in [-0.4, -0.2) is 53.7 Å². The van der Waals surface area contributed by atoms with Gasteiger partial charge in [-0.25, -0.2) is 0 Å². The van der Waals surface area contributed by atoms with Crippen molar-refractivity contribution in [3.8, 4) is 5.75 Å². The van der Waals surface area contributed by atoms with E-state index in [4.69, 9.17) is 9.15 Å². The minimum absolute atomic E-state index is 0.0794. The summed E-state index contributed by atoms with van der Waals surface area (Å²) in [7, 11) is 1.53. The van der Waals surface area contributed by atoms with E-state index in [1.54, 1.807) is 34.1 Å². The largest absolute Gasteiger partial charge is 0.497 e. The van der Waals surface area contributed by atoms with Crippen molar-refractivity contribution < 1.29 is 31.9 Å². The van der Waals surface area contributed by atoms with E-state index >= 15 is 0 Å². The number of rotatable bonds is 4. The molecule has 0 radical (unpaired) electrons. The van der Waals surface area contributed by atoms with Gasteiger partial charge in [-0.05, 0) is 25.0 Å². The van der Waals surface area contributed by atoms with Crippen LogP contribution >= 0.6 is 0 Å². The van der Waals surface area contributed by atoms with Crippen molar-refractivity contribution in [1.29, 1.82) is 0 Å². The van der Waals surface area contributed by atoms with Crippen LogP contribution in [0.5, 0.6) is 5.75 Å². The number of halogens is 3. The third-order valence-electron chi connectivity index (χ3n) is 5.60. The van der Waals surface area contributed by atoms with Gasteiger partial charge in [0.15, 0.2) is 0 Å². The standard InChI is InChI=1S/C20H21F3N4O4/c1-30-15-6-2-5-14(9-15)27-11-13(8-16(27)28)18(29)26-7-3-4-12(10-26)17-24-25-19(31-17)20(21,22)23/h2,5-6,9,12-13H,3-4,7-8,10-11H2,1H3/t12-,13+/m1/s1. The normalized spacial score (nSPS) is 22.1. The van der Waals surface area contributed by atoms with E-state index in [-0.39, 0.29) is 37.2 Å². The lowest BCUT2D eigenvalue weighted by Gasteiger charge is -2.32. The van der Waals surface area contributed by atoms with Gasteiger partial charge in [0.2, 0.25) is 17.7 Å². The van der Waals surface area contributed by atoms with Gasteiger partial charge in [0.25, 0.3) is 0 Å². The number of amides is 2. The minimum Gasteiger partial charge on any atom is -0.497 e. The van der Waals surface area contributed by atoms with Crippen molar-refractivity contribution in [2.24, 2.45) is 5.92 Å². The molecule has 2 fully saturated rings. The molecule has 1 aromatic heterocycles. The van der Waals surface area contributed by atoms with Gasteiger partial charge in [0.05, 0.1) is 18.9 Å². The SMILES string of the molecule is COc1cccc(N2C[C@@H](C(=O)N3CCC[C@@H](c4nnc(C(F)(F)F)o4)C3)CC2=O)c1. The third kappa shape index (κ3) is 4.35. The second-order valence-corrected chi connectivity index (χ2v) is 7.67. The number of anilines is 1. The first kappa shape index (κ1) is 21.1. The molecule has 0 spiro atoms. The number of carbonyl (C=O) groups excluding carboxylic acids is 2. The summed E-state index contributed by atoms with van der Waals surface area (Å²) >= 11 is 0. The Bertz CT molecular complexity index is 977. The number of piperidine rings is 1.